The molecule has 0 unspecified atom stereocenters. The zero-order chi connectivity index (χ0) is 15.2. The van der Waals surface area contributed by atoms with E-state index in [4.69, 9.17) is 4.74 Å². The number of hydrogen-bond acceptors (Lipinski definition) is 4. The molecule has 1 saturated heterocycles. The number of aromatic nitrogens is 2. The molecule has 2 aromatic rings. The first-order valence-corrected chi connectivity index (χ1v) is 7.67. The van der Waals surface area contributed by atoms with E-state index in [2.05, 4.69) is 10.3 Å². The molecular formula is C16H19N3O3. The van der Waals surface area contributed by atoms with Crippen LogP contribution in [0.25, 0.3) is 5.52 Å². The van der Waals surface area contributed by atoms with Crippen molar-refractivity contribution in [2.75, 3.05) is 13.2 Å². The van der Waals surface area contributed by atoms with Gasteiger partial charge in [-0.1, -0.05) is 0 Å². The number of rotatable bonds is 2. The van der Waals surface area contributed by atoms with Crippen molar-refractivity contribution in [3.8, 4) is 0 Å². The average Bonchev–Trinajstić information content (AvgIpc) is 3.02. The number of aliphatic hydroxyl groups is 1. The van der Waals surface area contributed by atoms with E-state index in [9.17, 15) is 9.90 Å². The van der Waals surface area contributed by atoms with Crippen LogP contribution in [-0.4, -0.2) is 45.8 Å². The smallest absolute Gasteiger partial charge is 0.251 e. The lowest BCUT2D eigenvalue weighted by Gasteiger charge is -2.55. The SMILES string of the molecule is O=C(N[C@@H]1C[C@@H](O)C12CCOCC2)c1ccn2cncc2c1. The largest absolute Gasteiger partial charge is 0.392 e. The van der Waals surface area contributed by atoms with Crippen molar-refractivity contribution in [3.05, 3.63) is 36.4 Å². The maximum absolute atomic E-state index is 12.5. The molecule has 6 heteroatoms. The van der Waals surface area contributed by atoms with E-state index >= 15 is 0 Å². The van der Waals surface area contributed by atoms with Crippen molar-refractivity contribution in [2.24, 2.45) is 5.41 Å². The normalized spacial score (nSPS) is 26.8. The summed E-state index contributed by atoms with van der Waals surface area (Å²) in [4.78, 5) is 16.5. The van der Waals surface area contributed by atoms with Gasteiger partial charge in [0.15, 0.2) is 0 Å². The first-order chi connectivity index (χ1) is 10.7. The van der Waals surface area contributed by atoms with Crippen LogP contribution in [0, 0.1) is 5.41 Å². The number of pyridine rings is 1. The number of carbonyl (C=O) groups excluding carboxylic acids is 1. The van der Waals surface area contributed by atoms with E-state index < -0.39 is 0 Å². The lowest BCUT2D eigenvalue weighted by atomic mass is 9.58. The lowest BCUT2D eigenvalue weighted by molar-refractivity contribution is -0.145. The van der Waals surface area contributed by atoms with Crippen LogP contribution < -0.4 is 5.32 Å². The van der Waals surface area contributed by atoms with Gasteiger partial charge in [-0.2, -0.15) is 0 Å². The second-order valence-electron chi connectivity index (χ2n) is 6.26. The summed E-state index contributed by atoms with van der Waals surface area (Å²) in [6.07, 6.45) is 7.17. The minimum atomic E-state index is -0.334. The zero-order valence-electron chi connectivity index (χ0n) is 12.2. The van der Waals surface area contributed by atoms with Crippen LogP contribution in [0.3, 0.4) is 0 Å². The minimum Gasteiger partial charge on any atom is -0.392 e. The Morgan fingerprint density at radius 2 is 2.27 bits per heavy atom. The summed E-state index contributed by atoms with van der Waals surface area (Å²) in [5, 5.41) is 13.3. The predicted molar refractivity (Wildman–Crippen MR) is 79.6 cm³/mol. The first kappa shape index (κ1) is 13.7. The van der Waals surface area contributed by atoms with Gasteiger partial charge < -0.3 is 19.6 Å². The number of carbonyl (C=O) groups is 1. The van der Waals surface area contributed by atoms with E-state index in [1.807, 2.05) is 16.7 Å². The van der Waals surface area contributed by atoms with E-state index in [-0.39, 0.29) is 23.5 Å². The molecule has 2 aromatic heterocycles. The third-order valence-electron chi connectivity index (χ3n) is 5.22. The van der Waals surface area contributed by atoms with Gasteiger partial charge in [-0.15, -0.1) is 0 Å². The van der Waals surface area contributed by atoms with Gasteiger partial charge in [0.2, 0.25) is 0 Å². The fourth-order valence-corrected chi connectivity index (χ4v) is 3.70. The molecule has 1 spiro atoms. The van der Waals surface area contributed by atoms with Gasteiger partial charge in [0, 0.05) is 36.4 Å². The Morgan fingerprint density at radius 1 is 1.45 bits per heavy atom. The quantitative estimate of drug-likeness (QED) is 0.867. The topological polar surface area (TPSA) is 75.9 Å². The highest BCUT2D eigenvalue weighted by Gasteiger charge is 2.55. The standard InChI is InChI=1S/C16H19N3O3/c20-14-8-13(16(14)2-5-22-6-3-16)18-15(21)11-1-4-19-10-17-9-12(19)7-11/h1,4,7,9-10,13-14,20H,2-3,5-6,8H2,(H,18,21)/t13-,14-/m1/s1. The average molecular weight is 301 g/mol. The molecule has 2 fully saturated rings. The molecule has 4 rings (SSSR count). The molecule has 1 saturated carbocycles. The predicted octanol–water partition coefficient (Wildman–Crippen LogP) is 0.994. The Bertz CT molecular complexity index is 705. The summed E-state index contributed by atoms with van der Waals surface area (Å²) in [6, 6.07) is 3.64. The number of imidazole rings is 1. The van der Waals surface area contributed by atoms with E-state index in [1.165, 1.54) is 0 Å². The van der Waals surface area contributed by atoms with Crippen molar-refractivity contribution in [1.29, 1.82) is 0 Å². The van der Waals surface area contributed by atoms with Gasteiger partial charge in [-0.3, -0.25) is 4.79 Å². The number of amides is 1. The molecule has 1 aliphatic heterocycles. The van der Waals surface area contributed by atoms with Crippen LogP contribution >= 0.6 is 0 Å². The fraction of sp³-hybridized carbons (Fsp3) is 0.500. The summed E-state index contributed by atoms with van der Waals surface area (Å²) in [7, 11) is 0. The van der Waals surface area contributed by atoms with Gasteiger partial charge in [0.25, 0.3) is 5.91 Å². The van der Waals surface area contributed by atoms with Gasteiger partial charge in [0.1, 0.15) is 0 Å². The second kappa shape index (κ2) is 5.07. The molecule has 0 radical (unpaired) electrons. The molecule has 0 aromatic carbocycles. The Labute approximate surface area is 128 Å². The van der Waals surface area contributed by atoms with Crippen molar-refractivity contribution in [1.82, 2.24) is 14.7 Å². The van der Waals surface area contributed by atoms with Crippen molar-refractivity contribution >= 4 is 11.4 Å². The number of hydrogen-bond donors (Lipinski definition) is 2. The van der Waals surface area contributed by atoms with E-state index in [1.54, 1.807) is 18.6 Å². The molecular weight excluding hydrogens is 282 g/mol. The molecule has 1 amide bonds. The summed E-state index contributed by atoms with van der Waals surface area (Å²) in [6.45, 7) is 1.32. The van der Waals surface area contributed by atoms with Crippen molar-refractivity contribution in [2.45, 2.75) is 31.4 Å². The number of aliphatic hydroxyl groups excluding tert-OH is 1. The Balaban J connectivity index is 1.51. The minimum absolute atomic E-state index is 0.0278. The summed E-state index contributed by atoms with van der Waals surface area (Å²) < 4.78 is 7.26. The highest BCUT2D eigenvalue weighted by Crippen LogP contribution is 2.49. The summed E-state index contributed by atoms with van der Waals surface area (Å²) in [5.41, 5.74) is 1.31. The summed E-state index contributed by atoms with van der Waals surface area (Å²) >= 11 is 0. The highest BCUT2D eigenvalue weighted by molar-refractivity contribution is 5.95. The van der Waals surface area contributed by atoms with Crippen LogP contribution in [0.2, 0.25) is 0 Å². The van der Waals surface area contributed by atoms with E-state index in [0.717, 1.165) is 18.4 Å². The van der Waals surface area contributed by atoms with Crippen LogP contribution in [0.15, 0.2) is 30.9 Å². The second-order valence-corrected chi connectivity index (χ2v) is 6.26. The number of nitrogens with zero attached hydrogens (tertiary/aromatic N) is 2. The van der Waals surface area contributed by atoms with Gasteiger partial charge in [-0.25, -0.2) is 4.98 Å². The monoisotopic (exact) mass is 301 g/mol. The molecule has 0 bridgehead atoms. The molecule has 6 nitrogen and oxygen atoms in total. The Morgan fingerprint density at radius 3 is 3.05 bits per heavy atom. The van der Waals surface area contributed by atoms with Crippen molar-refractivity contribution in [3.63, 3.8) is 0 Å². The van der Waals surface area contributed by atoms with E-state index in [0.29, 0.717) is 25.2 Å². The third-order valence-corrected chi connectivity index (χ3v) is 5.22. The molecule has 22 heavy (non-hydrogen) atoms. The number of fused-ring (bicyclic) bond motifs is 1. The Hall–Kier alpha value is -1.92. The molecule has 116 valence electrons. The number of nitrogens with one attached hydrogen (secondary N) is 1. The van der Waals surface area contributed by atoms with Crippen LogP contribution in [0.5, 0.6) is 0 Å². The number of ether oxygens (including phenoxy) is 1. The molecule has 2 N–H and O–H groups in total. The molecule has 2 atom stereocenters. The molecule has 3 heterocycles. The van der Waals surface area contributed by atoms with Crippen molar-refractivity contribution < 1.29 is 14.6 Å². The maximum Gasteiger partial charge on any atom is 0.251 e. The van der Waals surface area contributed by atoms with Gasteiger partial charge in [-0.05, 0) is 31.4 Å². The van der Waals surface area contributed by atoms with Crippen LogP contribution in [-0.2, 0) is 4.74 Å². The molecule has 1 aliphatic carbocycles. The van der Waals surface area contributed by atoms with Crippen LogP contribution in [0.1, 0.15) is 29.6 Å². The summed E-state index contributed by atoms with van der Waals surface area (Å²) in [5.74, 6) is -0.0912. The van der Waals surface area contributed by atoms with Crippen LogP contribution in [0.4, 0.5) is 0 Å². The molecule has 2 aliphatic rings. The maximum atomic E-state index is 12.5. The Kier molecular flexibility index (Phi) is 3.16. The highest BCUT2D eigenvalue weighted by atomic mass is 16.5. The fourth-order valence-electron chi connectivity index (χ4n) is 3.70. The lowest BCUT2D eigenvalue weighted by Crippen LogP contribution is -2.65. The van der Waals surface area contributed by atoms with Gasteiger partial charge >= 0.3 is 0 Å². The third kappa shape index (κ3) is 2.02. The zero-order valence-corrected chi connectivity index (χ0v) is 12.2. The first-order valence-electron chi connectivity index (χ1n) is 7.67. The van der Waals surface area contributed by atoms with Gasteiger partial charge in [0.05, 0.1) is 24.1 Å².